The first-order valence-corrected chi connectivity index (χ1v) is 8.97. The van der Waals surface area contributed by atoms with Crippen LogP contribution in [-0.4, -0.2) is 45.4 Å². The second-order valence-electron chi connectivity index (χ2n) is 7.02. The number of aliphatic hydroxyl groups excluding tert-OH is 1. The highest BCUT2D eigenvalue weighted by molar-refractivity contribution is 5.19. The number of nitrogens with zero attached hydrogens (tertiary/aromatic N) is 3. The Hall–Kier alpha value is -1.76. The average Bonchev–Trinajstić information content (AvgIpc) is 3.36. The number of fused-ring (bicyclic) bond motifs is 1. The minimum atomic E-state index is -0.584. The van der Waals surface area contributed by atoms with Crippen molar-refractivity contribution >= 4 is 0 Å². The molecule has 1 aliphatic heterocycles. The van der Waals surface area contributed by atoms with Crippen LogP contribution in [0.5, 0.6) is 0 Å². The van der Waals surface area contributed by atoms with E-state index in [2.05, 4.69) is 14.5 Å². The van der Waals surface area contributed by atoms with Crippen LogP contribution in [-0.2, 0) is 24.3 Å². The number of aromatic nitrogens is 2. The van der Waals surface area contributed by atoms with Gasteiger partial charge < -0.3 is 14.4 Å². The van der Waals surface area contributed by atoms with Gasteiger partial charge in [-0.15, -0.1) is 0 Å². The summed E-state index contributed by atoms with van der Waals surface area (Å²) in [6.45, 7) is 2.64. The highest BCUT2D eigenvalue weighted by atomic mass is 19.1. The maximum atomic E-state index is 13.5. The molecule has 134 valence electrons. The first kappa shape index (κ1) is 16.7. The molecule has 2 aliphatic rings. The molecular formula is C19H24FN3O2. The molecule has 1 saturated carbocycles. The third kappa shape index (κ3) is 3.92. The largest absolute Gasteiger partial charge is 0.389 e. The van der Waals surface area contributed by atoms with Gasteiger partial charge in [-0.05, 0) is 18.9 Å². The van der Waals surface area contributed by atoms with Gasteiger partial charge in [0.1, 0.15) is 5.82 Å². The maximum Gasteiger partial charge on any atom is 0.128 e. The molecule has 1 fully saturated rings. The second-order valence-corrected chi connectivity index (χ2v) is 7.02. The molecule has 1 aromatic heterocycles. The molecule has 1 atom stereocenters. The van der Waals surface area contributed by atoms with Crippen LogP contribution in [0.15, 0.2) is 30.6 Å². The van der Waals surface area contributed by atoms with Crippen LogP contribution < -0.4 is 0 Å². The van der Waals surface area contributed by atoms with Crippen molar-refractivity contribution in [1.29, 1.82) is 0 Å². The summed E-state index contributed by atoms with van der Waals surface area (Å²) in [6.07, 6.45) is 4.91. The summed E-state index contributed by atoms with van der Waals surface area (Å²) in [7, 11) is 0. The molecule has 4 rings (SSSR count). The molecule has 1 aromatic carbocycles. The van der Waals surface area contributed by atoms with Crippen molar-refractivity contribution in [3.8, 4) is 0 Å². The molecule has 2 heterocycles. The smallest absolute Gasteiger partial charge is 0.128 e. The predicted molar refractivity (Wildman–Crippen MR) is 91.5 cm³/mol. The van der Waals surface area contributed by atoms with E-state index in [0.717, 1.165) is 25.2 Å². The number of aliphatic hydroxyl groups is 1. The Morgan fingerprint density at radius 2 is 2.16 bits per heavy atom. The Bertz CT molecular complexity index is 729. The summed E-state index contributed by atoms with van der Waals surface area (Å²) in [5, 5.41) is 10.2. The monoisotopic (exact) mass is 345 g/mol. The van der Waals surface area contributed by atoms with Crippen molar-refractivity contribution in [2.24, 2.45) is 0 Å². The fraction of sp³-hybridized carbons (Fsp3) is 0.526. The second kappa shape index (κ2) is 7.23. The Labute approximate surface area is 147 Å². The van der Waals surface area contributed by atoms with Gasteiger partial charge in [-0.25, -0.2) is 9.37 Å². The molecule has 25 heavy (non-hydrogen) atoms. The van der Waals surface area contributed by atoms with Gasteiger partial charge in [0.05, 0.1) is 31.3 Å². The lowest BCUT2D eigenvalue weighted by molar-refractivity contribution is 0.00669. The zero-order chi connectivity index (χ0) is 17.2. The van der Waals surface area contributed by atoms with Crippen LogP contribution in [0.3, 0.4) is 0 Å². The van der Waals surface area contributed by atoms with Crippen molar-refractivity contribution in [2.45, 2.75) is 44.6 Å². The molecule has 0 saturated heterocycles. The van der Waals surface area contributed by atoms with E-state index in [1.54, 1.807) is 18.2 Å². The third-order valence-corrected chi connectivity index (χ3v) is 4.96. The Morgan fingerprint density at radius 3 is 2.96 bits per heavy atom. The number of rotatable bonds is 7. The van der Waals surface area contributed by atoms with Gasteiger partial charge in [-0.3, -0.25) is 4.90 Å². The van der Waals surface area contributed by atoms with Gasteiger partial charge in [0.2, 0.25) is 0 Å². The fourth-order valence-corrected chi connectivity index (χ4v) is 3.48. The molecule has 6 heteroatoms. The molecular weight excluding hydrogens is 321 g/mol. The first-order valence-electron chi connectivity index (χ1n) is 8.97. The molecule has 5 nitrogen and oxygen atoms in total. The van der Waals surface area contributed by atoms with E-state index in [-0.39, 0.29) is 19.0 Å². The van der Waals surface area contributed by atoms with Crippen LogP contribution in [0.1, 0.15) is 35.8 Å². The van der Waals surface area contributed by atoms with Gasteiger partial charge in [-0.2, -0.15) is 0 Å². The van der Waals surface area contributed by atoms with Gasteiger partial charge in [0, 0.05) is 43.4 Å². The summed E-state index contributed by atoms with van der Waals surface area (Å²) < 4.78 is 21.3. The van der Waals surface area contributed by atoms with Crippen molar-refractivity contribution in [2.75, 3.05) is 19.7 Å². The molecule has 0 unspecified atom stereocenters. The lowest BCUT2D eigenvalue weighted by atomic mass is 10.1. The van der Waals surface area contributed by atoms with Crippen LogP contribution in [0.4, 0.5) is 4.39 Å². The van der Waals surface area contributed by atoms with Gasteiger partial charge in [0.15, 0.2) is 0 Å². The lowest BCUT2D eigenvalue weighted by Gasteiger charge is -2.28. The summed E-state index contributed by atoms with van der Waals surface area (Å²) in [5.41, 5.74) is 3.02. The number of hydrogen-bond acceptors (Lipinski definition) is 4. The normalized spacial score (nSPS) is 19.0. The van der Waals surface area contributed by atoms with E-state index >= 15 is 0 Å². The lowest BCUT2D eigenvalue weighted by Crippen LogP contribution is -2.38. The van der Waals surface area contributed by atoms with E-state index < -0.39 is 6.10 Å². The molecule has 0 bridgehead atoms. The van der Waals surface area contributed by atoms with Crippen molar-refractivity contribution in [1.82, 2.24) is 14.5 Å². The predicted octanol–water partition coefficient (Wildman–Crippen LogP) is 2.29. The van der Waals surface area contributed by atoms with Crippen molar-refractivity contribution in [3.63, 3.8) is 0 Å². The number of halogens is 1. The van der Waals surface area contributed by atoms with E-state index in [0.29, 0.717) is 18.2 Å². The zero-order valence-corrected chi connectivity index (χ0v) is 14.3. The third-order valence-electron chi connectivity index (χ3n) is 4.96. The highest BCUT2D eigenvalue weighted by Gasteiger charge is 2.29. The first-order chi connectivity index (χ1) is 12.2. The Balaban J connectivity index is 1.24. The SMILES string of the molecule is O[C@H](COCc1ccccc1F)CN1CCc2c(ncn2C2CC2)C1. The quantitative estimate of drug-likeness (QED) is 0.837. The molecule has 1 N–H and O–H groups in total. The molecule has 1 aliphatic carbocycles. The number of β-amino-alcohol motifs (C(OH)–C–C–N with tert-alkyl or cyclic N) is 1. The number of hydrogen-bond donors (Lipinski definition) is 1. The number of imidazole rings is 1. The topological polar surface area (TPSA) is 50.5 Å². The molecule has 0 amide bonds. The molecule has 2 aromatic rings. The minimum absolute atomic E-state index is 0.180. The highest BCUT2D eigenvalue weighted by Crippen LogP contribution is 2.37. The average molecular weight is 345 g/mol. The Morgan fingerprint density at radius 1 is 1.32 bits per heavy atom. The van der Waals surface area contributed by atoms with Gasteiger partial charge in [-0.1, -0.05) is 18.2 Å². The van der Waals surface area contributed by atoms with Crippen LogP contribution in [0.25, 0.3) is 0 Å². The standard InChI is InChI=1S/C19H24FN3O2/c20-17-4-2-1-3-14(17)11-25-12-16(24)9-22-8-7-19-18(10-22)21-13-23(19)15-5-6-15/h1-4,13,15-16,24H,5-12H2/t16-/m0/s1. The van der Waals surface area contributed by atoms with E-state index in [1.807, 2.05) is 6.33 Å². The summed E-state index contributed by atoms with van der Waals surface area (Å²) in [6, 6.07) is 7.22. The van der Waals surface area contributed by atoms with Crippen molar-refractivity contribution < 1.29 is 14.2 Å². The van der Waals surface area contributed by atoms with E-state index in [1.165, 1.54) is 24.6 Å². The van der Waals surface area contributed by atoms with E-state index in [4.69, 9.17) is 4.74 Å². The van der Waals surface area contributed by atoms with Gasteiger partial charge in [0.25, 0.3) is 0 Å². The zero-order valence-electron chi connectivity index (χ0n) is 14.3. The molecule has 0 radical (unpaired) electrons. The van der Waals surface area contributed by atoms with E-state index in [9.17, 15) is 9.50 Å². The molecule has 0 spiro atoms. The minimum Gasteiger partial charge on any atom is -0.389 e. The van der Waals surface area contributed by atoms with Crippen molar-refractivity contribution in [3.05, 3.63) is 53.4 Å². The van der Waals surface area contributed by atoms with Crippen LogP contribution >= 0.6 is 0 Å². The van der Waals surface area contributed by atoms with Crippen LogP contribution in [0, 0.1) is 5.82 Å². The van der Waals surface area contributed by atoms with Crippen LogP contribution in [0.2, 0.25) is 0 Å². The maximum absolute atomic E-state index is 13.5. The van der Waals surface area contributed by atoms with Gasteiger partial charge >= 0.3 is 0 Å². The number of ether oxygens (including phenoxy) is 1. The number of benzene rings is 1. The summed E-state index contributed by atoms with van der Waals surface area (Å²) >= 11 is 0. The Kier molecular flexibility index (Phi) is 4.83. The fourth-order valence-electron chi connectivity index (χ4n) is 3.48. The summed E-state index contributed by atoms with van der Waals surface area (Å²) in [5.74, 6) is -0.271. The summed E-state index contributed by atoms with van der Waals surface area (Å²) in [4.78, 5) is 6.77.